The quantitative estimate of drug-likeness (QED) is 0.690. The first-order valence-corrected chi connectivity index (χ1v) is 7.52. The van der Waals surface area contributed by atoms with Gasteiger partial charge >= 0.3 is 0 Å². The highest BCUT2D eigenvalue weighted by Gasteiger charge is 2.27. The van der Waals surface area contributed by atoms with Crippen molar-refractivity contribution in [2.75, 3.05) is 0 Å². The average molecular weight is 301 g/mol. The maximum atomic E-state index is 3.91. The van der Waals surface area contributed by atoms with Crippen LogP contribution in [0.2, 0.25) is 0 Å². The van der Waals surface area contributed by atoms with Crippen molar-refractivity contribution in [2.24, 2.45) is 5.92 Å². The number of halogens is 1. The van der Waals surface area contributed by atoms with Gasteiger partial charge in [-0.25, -0.2) is 0 Å². The lowest BCUT2D eigenvalue weighted by Crippen LogP contribution is -2.18. The van der Waals surface area contributed by atoms with Crippen LogP contribution in [0.5, 0.6) is 0 Å². The maximum absolute atomic E-state index is 3.91. The van der Waals surface area contributed by atoms with Gasteiger partial charge in [-0.3, -0.25) is 0 Å². The number of aryl methyl sites for hydroxylation is 1. The van der Waals surface area contributed by atoms with Crippen molar-refractivity contribution in [3.63, 3.8) is 0 Å². The highest BCUT2D eigenvalue weighted by Crippen LogP contribution is 2.41. The van der Waals surface area contributed by atoms with Crippen molar-refractivity contribution in [3.05, 3.63) is 71.3 Å². The molecule has 2 unspecified atom stereocenters. The van der Waals surface area contributed by atoms with Crippen molar-refractivity contribution < 1.29 is 0 Å². The fraction of sp³-hybridized carbons (Fsp3) is 0.294. The van der Waals surface area contributed by atoms with Crippen LogP contribution < -0.4 is 0 Å². The molecule has 0 bridgehead atoms. The number of rotatable bonds is 2. The van der Waals surface area contributed by atoms with E-state index in [9.17, 15) is 0 Å². The molecule has 92 valence electrons. The molecule has 0 aliphatic heterocycles. The lowest BCUT2D eigenvalue weighted by molar-refractivity contribution is 0.452. The number of fused-ring (bicyclic) bond motifs is 1. The summed E-state index contributed by atoms with van der Waals surface area (Å²) in [6.07, 6.45) is 3.67. The molecule has 1 aliphatic rings. The molecule has 1 aliphatic carbocycles. The largest absolute Gasteiger partial charge is 0.0836 e. The molecular weight excluding hydrogens is 284 g/mol. The number of alkyl halides is 1. The molecule has 0 N–H and O–H groups in total. The summed E-state index contributed by atoms with van der Waals surface area (Å²) in [5.41, 5.74) is 4.46. The van der Waals surface area contributed by atoms with E-state index in [1.807, 2.05) is 0 Å². The van der Waals surface area contributed by atoms with Crippen LogP contribution in [0.4, 0.5) is 0 Å². The van der Waals surface area contributed by atoms with Gasteiger partial charge < -0.3 is 0 Å². The molecule has 0 spiro atoms. The van der Waals surface area contributed by atoms with E-state index in [0.717, 1.165) is 0 Å². The Morgan fingerprint density at radius 2 is 1.67 bits per heavy atom. The van der Waals surface area contributed by atoms with Crippen LogP contribution in [0.1, 0.15) is 27.9 Å². The van der Waals surface area contributed by atoms with Crippen LogP contribution in [0.3, 0.4) is 0 Å². The summed E-state index contributed by atoms with van der Waals surface area (Å²) in [6, 6.07) is 19.7. The zero-order valence-corrected chi connectivity index (χ0v) is 11.9. The van der Waals surface area contributed by atoms with Crippen molar-refractivity contribution in [1.82, 2.24) is 0 Å². The van der Waals surface area contributed by atoms with Gasteiger partial charge in [-0.05, 0) is 41.9 Å². The minimum Gasteiger partial charge on any atom is -0.0836 e. The molecule has 0 aromatic heterocycles. The zero-order chi connectivity index (χ0) is 12.4. The molecule has 2 atom stereocenters. The van der Waals surface area contributed by atoms with Crippen LogP contribution >= 0.6 is 15.9 Å². The van der Waals surface area contributed by atoms with Gasteiger partial charge in [0, 0.05) is 4.83 Å². The molecule has 2 aromatic rings. The average Bonchev–Trinajstić information content (AvgIpc) is 2.43. The Bertz CT molecular complexity index is 518. The van der Waals surface area contributed by atoms with Crippen LogP contribution in [0.15, 0.2) is 54.6 Å². The Hall–Kier alpha value is -1.08. The van der Waals surface area contributed by atoms with Crippen LogP contribution in [-0.4, -0.2) is 0 Å². The minimum absolute atomic E-state index is 0.502. The van der Waals surface area contributed by atoms with Crippen LogP contribution in [0.25, 0.3) is 0 Å². The normalized spacial score (nSPS) is 22.5. The predicted molar refractivity (Wildman–Crippen MR) is 80.1 cm³/mol. The third-order valence-corrected chi connectivity index (χ3v) is 5.13. The fourth-order valence-electron chi connectivity index (χ4n) is 2.89. The van der Waals surface area contributed by atoms with E-state index >= 15 is 0 Å². The maximum Gasteiger partial charge on any atom is 0.0429 e. The first kappa shape index (κ1) is 12.0. The van der Waals surface area contributed by atoms with E-state index in [4.69, 9.17) is 0 Å². The Balaban J connectivity index is 1.81. The predicted octanol–water partition coefficient (Wildman–Crippen LogP) is 4.93. The summed E-state index contributed by atoms with van der Waals surface area (Å²) in [7, 11) is 0. The molecule has 0 heterocycles. The van der Waals surface area contributed by atoms with Gasteiger partial charge in [-0.15, -0.1) is 0 Å². The number of hydrogen-bond donors (Lipinski definition) is 0. The van der Waals surface area contributed by atoms with Gasteiger partial charge in [-0.1, -0.05) is 70.5 Å². The Labute approximate surface area is 117 Å². The number of hydrogen-bond acceptors (Lipinski definition) is 0. The van der Waals surface area contributed by atoms with Crippen molar-refractivity contribution in [3.8, 4) is 0 Å². The summed E-state index contributed by atoms with van der Waals surface area (Å²) in [4.78, 5) is 0.502. The van der Waals surface area contributed by atoms with E-state index in [2.05, 4.69) is 70.5 Å². The molecule has 0 amide bonds. The van der Waals surface area contributed by atoms with E-state index in [0.29, 0.717) is 10.7 Å². The summed E-state index contributed by atoms with van der Waals surface area (Å²) in [5.74, 6) is 0.710. The lowest BCUT2D eigenvalue weighted by Gasteiger charge is -2.30. The first-order valence-electron chi connectivity index (χ1n) is 6.60. The molecule has 0 saturated carbocycles. The van der Waals surface area contributed by atoms with Gasteiger partial charge in [0.2, 0.25) is 0 Å². The Morgan fingerprint density at radius 1 is 0.944 bits per heavy atom. The van der Waals surface area contributed by atoms with Crippen LogP contribution in [0, 0.1) is 5.92 Å². The second-order valence-corrected chi connectivity index (χ2v) is 6.08. The third-order valence-electron chi connectivity index (χ3n) is 3.89. The Morgan fingerprint density at radius 3 is 2.50 bits per heavy atom. The zero-order valence-electron chi connectivity index (χ0n) is 10.4. The minimum atomic E-state index is 0.502. The van der Waals surface area contributed by atoms with Crippen molar-refractivity contribution in [2.45, 2.75) is 24.1 Å². The fourth-order valence-corrected chi connectivity index (χ4v) is 3.79. The summed E-state index contributed by atoms with van der Waals surface area (Å²) in [5, 5.41) is 0. The van der Waals surface area contributed by atoms with E-state index < -0.39 is 0 Å². The SMILES string of the molecule is BrC1c2ccccc2CCC1Cc1ccccc1. The molecule has 0 nitrogen and oxygen atoms in total. The van der Waals surface area contributed by atoms with E-state index in [-0.39, 0.29) is 0 Å². The monoisotopic (exact) mass is 300 g/mol. The van der Waals surface area contributed by atoms with Gasteiger partial charge in [0.05, 0.1) is 0 Å². The Kier molecular flexibility index (Phi) is 3.51. The molecule has 2 aromatic carbocycles. The lowest BCUT2D eigenvalue weighted by atomic mass is 9.81. The standard InChI is InChI=1S/C17H17Br/c18-17-15(12-13-6-2-1-3-7-13)11-10-14-8-4-5-9-16(14)17/h1-9,15,17H,10-12H2. The third kappa shape index (κ3) is 2.37. The van der Waals surface area contributed by atoms with Crippen LogP contribution in [-0.2, 0) is 12.8 Å². The van der Waals surface area contributed by atoms with E-state index in [1.165, 1.54) is 36.0 Å². The van der Waals surface area contributed by atoms with E-state index in [1.54, 1.807) is 0 Å². The van der Waals surface area contributed by atoms with Gasteiger partial charge in [-0.2, -0.15) is 0 Å². The van der Waals surface area contributed by atoms with Gasteiger partial charge in [0.15, 0.2) is 0 Å². The molecule has 0 radical (unpaired) electrons. The molecular formula is C17H17Br. The van der Waals surface area contributed by atoms with Crippen molar-refractivity contribution >= 4 is 15.9 Å². The number of benzene rings is 2. The highest BCUT2D eigenvalue weighted by molar-refractivity contribution is 9.09. The molecule has 1 heteroatoms. The second-order valence-electron chi connectivity index (χ2n) is 5.09. The molecule has 0 saturated heterocycles. The first-order chi connectivity index (χ1) is 8.84. The summed E-state index contributed by atoms with van der Waals surface area (Å²) in [6.45, 7) is 0. The highest BCUT2D eigenvalue weighted by atomic mass is 79.9. The molecule has 3 rings (SSSR count). The van der Waals surface area contributed by atoms with Crippen molar-refractivity contribution in [1.29, 1.82) is 0 Å². The molecule has 18 heavy (non-hydrogen) atoms. The molecule has 0 fully saturated rings. The smallest absolute Gasteiger partial charge is 0.0429 e. The topological polar surface area (TPSA) is 0 Å². The second kappa shape index (κ2) is 5.27. The van der Waals surface area contributed by atoms with Gasteiger partial charge in [0.25, 0.3) is 0 Å². The van der Waals surface area contributed by atoms with Gasteiger partial charge in [0.1, 0.15) is 0 Å². The summed E-state index contributed by atoms with van der Waals surface area (Å²) < 4.78 is 0. The summed E-state index contributed by atoms with van der Waals surface area (Å²) >= 11 is 3.91.